The summed E-state index contributed by atoms with van der Waals surface area (Å²) in [5, 5.41) is 0.988. The van der Waals surface area contributed by atoms with E-state index < -0.39 is 0 Å². The predicted octanol–water partition coefficient (Wildman–Crippen LogP) is 5.71. The summed E-state index contributed by atoms with van der Waals surface area (Å²) < 4.78 is 5.93. The Kier molecular flexibility index (Phi) is 3.10. The van der Waals surface area contributed by atoms with Crippen LogP contribution in [-0.2, 0) is 0 Å². The molecule has 0 radical (unpaired) electrons. The van der Waals surface area contributed by atoms with Crippen LogP contribution in [0.1, 0.15) is 0 Å². The van der Waals surface area contributed by atoms with Gasteiger partial charge in [0.25, 0.3) is 0 Å². The molecule has 3 nitrogen and oxygen atoms in total. The molecule has 0 aliphatic carbocycles. The molecule has 2 heterocycles. The van der Waals surface area contributed by atoms with Gasteiger partial charge < -0.3 is 4.42 Å². The van der Waals surface area contributed by atoms with Gasteiger partial charge in [0.2, 0.25) is 5.71 Å². The smallest absolute Gasteiger partial charge is 0.246 e. The summed E-state index contributed by atoms with van der Waals surface area (Å²) in [6.07, 6.45) is 0. The van der Waals surface area contributed by atoms with E-state index in [0.29, 0.717) is 5.71 Å². The van der Waals surface area contributed by atoms with Crippen molar-refractivity contribution in [2.45, 2.75) is 0 Å². The molecule has 0 aliphatic heterocycles. The molecule has 5 rings (SSSR count). The van der Waals surface area contributed by atoms with E-state index in [0.717, 1.165) is 39.0 Å². The molecule has 0 aliphatic rings. The number of rotatable bonds is 2. The Morgan fingerprint density at radius 3 is 1.80 bits per heavy atom. The highest BCUT2D eigenvalue weighted by atomic mass is 16.3. The van der Waals surface area contributed by atoms with Gasteiger partial charge in [-0.2, -0.15) is 0 Å². The maximum absolute atomic E-state index is 5.93. The van der Waals surface area contributed by atoms with Crippen molar-refractivity contribution in [3.05, 3.63) is 84.9 Å². The Morgan fingerprint density at radius 1 is 0.560 bits per heavy atom. The standard InChI is InChI=1S/C22H14N2O/c1-3-9-15(10-4-1)19-20(16-11-5-2-6-12-16)24-22-21(23-19)17-13-7-8-14-18(17)25-22/h1-14H. The topological polar surface area (TPSA) is 38.9 Å². The van der Waals surface area contributed by atoms with Crippen LogP contribution in [0, 0.1) is 0 Å². The monoisotopic (exact) mass is 322 g/mol. The average Bonchev–Trinajstić information content (AvgIpc) is 3.06. The zero-order valence-corrected chi connectivity index (χ0v) is 13.4. The molecule has 0 unspecified atom stereocenters. The minimum absolute atomic E-state index is 0.569. The molecular formula is C22H14N2O. The van der Waals surface area contributed by atoms with Crippen LogP contribution in [-0.4, -0.2) is 9.97 Å². The third-order valence-electron chi connectivity index (χ3n) is 4.31. The van der Waals surface area contributed by atoms with Gasteiger partial charge in [0.05, 0.1) is 5.69 Å². The van der Waals surface area contributed by atoms with Crippen molar-refractivity contribution in [2.24, 2.45) is 0 Å². The molecule has 0 N–H and O–H groups in total. The molecule has 3 aromatic carbocycles. The number of fused-ring (bicyclic) bond motifs is 3. The van der Waals surface area contributed by atoms with E-state index >= 15 is 0 Å². The fraction of sp³-hybridized carbons (Fsp3) is 0. The SMILES string of the molecule is c1ccc(-c2nc3oc4ccccc4c3nc2-c2ccccc2)cc1. The van der Waals surface area contributed by atoms with Crippen LogP contribution in [0.2, 0.25) is 0 Å². The first-order valence-electron chi connectivity index (χ1n) is 8.20. The minimum Gasteiger partial charge on any atom is -0.436 e. The third kappa shape index (κ3) is 2.29. The van der Waals surface area contributed by atoms with Gasteiger partial charge in [0, 0.05) is 16.5 Å². The lowest BCUT2D eigenvalue weighted by molar-refractivity contribution is 0.653. The summed E-state index contributed by atoms with van der Waals surface area (Å²) in [7, 11) is 0. The summed E-state index contributed by atoms with van der Waals surface area (Å²) in [5.41, 5.74) is 5.94. The average molecular weight is 322 g/mol. The normalized spacial score (nSPS) is 11.2. The molecule has 0 saturated heterocycles. The lowest BCUT2D eigenvalue weighted by atomic mass is 10.0. The number of benzene rings is 3. The van der Waals surface area contributed by atoms with Gasteiger partial charge in [-0.15, -0.1) is 0 Å². The summed E-state index contributed by atoms with van der Waals surface area (Å²) in [6, 6.07) is 28.2. The predicted molar refractivity (Wildman–Crippen MR) is 100 cm³/mol. The van der Waals surface area contributed by atoms with Crippen molar-refractivity contribution in [3.63, 3.8) is 0 Å². The molecule has 0 spiro atoms. The minimum atomic E-state index is 0.569. The van der Waals surface area contributed by atoms with Gasteiger partial charge in [0.1, 0.15) is 16.8 Å². The van der Waals surface area contributed by atoms with Crippen LogP contribution < -0.4 is 0 Å². The number of para-hydroxylation sites is 1. The molecule has 2 aromatic heterocycles. The van der Waals surface area contributed by atoms with Crippen molar-refractivity contribution in [1.82, 2.24) is 9.97 Å². The van der Waals surface area contributed by atoms with Crippen LogP contribution >= 0.6 is 0 Å². The van der Waals surface area contributed by atoms with Crippen LogP contribution in [0.3, 0.4) is 0 Å². The quantitative estimate of drug-likeness (QED) is 0.418. The highest BCUT2D eigenvalue weighted by Gasteiger charge is 2.17. The molecule has 118 valence electrons. The van der Waals surface area contributed by atoms with Crippen LogP contribution in [0.5, 0.6) is 0 Å². The second-order valence-electron chi connectivity index (χ2n) is 5.90. The second kappa shape index (κ2) is 5.56. The first-order chi connectivity index (χ1) is 12.4. The molecule has 0 bridgehead atoms. The number of furan rings is 1. The maximum atomic E-state index is 5.93. The number of hydrogen-bond donors (Lipinski definition) is 0. The number of aromatic nitrogens is 2. The molecule has 0 amide bonds. The Hall–Kier alpha value is -3.46. The zero-order valence-electron chi connectivity index (χ0n) is 13.4. The molecule has 0 atom stereocenters. The van der Waals surface area contributed by atoms with E-state index in [-0.39, 0.29) is 0 Å². The zero-order chi connectivity index (χ0) is 16.6. The van der Waals surface area contributed by atoms with Gasteiger partial charge in [-0.25, -0.2) is 9.97 Å². The molecule has 0 fully saturated rings. The summed E-state index contributed by atoms with van der Waals surface area (Å²) in [5.74, 6) is 0. The highest BCUT2D eigenvalue weighted by molar-refractivity contribution is 6.02. The highest BCUT2D eigenvalue weighted by Crippen LogP contribution is 2.34. The van der Waals surface area contributed by atoms with Crippen LogP contribution in [0.4, 0.5) is 0 Å². The first kappa shape index (κ1) is 13.9. The van der Waals surface area contributed by atoms with E-state index in [4.69, 9.17) is 14.4 Å². The van der Waals surface area contributed by atoms with Gasteiger partial charge in [-0.05, 0) is 12.1 Å². The van der Waals surface area contributed by atoms with Gasteiger partial charge in [0.15, 0.2) is 0 Å². The van der Waals surface area contributed by atoms with E-state index in [1.807, 2.05) is 72.8 Å². The van der Waals surface area contributed by atoms with E-state index in [1.165, 1.54) is 0 Å². The first-order valence-corrected chi connectivity index (χ1v) is 8.20. The summed E-state index contributed by atoms with van der Waals surface area (Å²) >= 11 is 0. The second-order valence-corrected chi connectivity index (χ2v) is 5.90. The lowest BCUT2D eigenvalue weighted by Crippen LogP contribution is -1.93. The summed E-state index contributed by atoms with van der Waals surface area (Å²) in [6.45, 7) is 0. The third-order valence-corrected chi connectivity index (χ3v) is 4.31. The van der Waals surface area contributed by atoms with Crippen molar-refractivity contribution in [2.75, 3.05) is 0 Å². The number of hydrogen-bond acceptors (Lipinski definition) is 3. The van der Waals surface area contributed by atoms with Crippen molar-refractivity contribution in [1.29, 1.82) is 0 Å². The Balaban J connectivity index is 1.89. The van der Waals surface area contributed by atoms with Gasteiger partial charge in [-0.3, -0.25) is 0 Å². The Bertz CT molecular complexity index is 1180. The van der Waals surface area contributed by atoms with E-state index in [9.17, 15) is 0 Å². The van der Waals surface area contributed by atoms with Crippen molar-refractivity contribution < 1.29 is 4.42 Å². The Morgan fingerprint density at radius 2 is 1.12 bits per heavy atom. The molecular weight excluding hydrogens is 308 g/mol. The van der Waals surface area contributed by atoms with Gasteiger partial charge in [-0.1, -0.05) is 72.8 Å². The van der Waals surface area contributed by atoms with Crippen molar-refractivity contribution in [3.8, 4) is 22.5 Å². The summed E-state index contributed by atoms with van der Waals surface area (Å²) in [4.78, 5) is 9.78. The molecule has 0 saturated carbocycles. The fourth-order valence-electron chi connectivity index (χ4n) is 3.12. The molecule has 25 heavy (non-hydrogen) atoms. The maximum Gasteiger partial charge on any atom is 0.246 e. The molecule has 3 heteroatoms. The van der Waals surface area contributed by atoms with Gasteiger partial charge >= 0.3 is 0 Å². The van der Waals surface area contributed by atoms with Crippen LogP contribution in [0.15, 0.2) is 89.3 Å². The Labute approximate surface area is 144 Å². The molecule has 5 aromatic rings. The van der Waals surface area contributed by atoms with E-state index in [1.54, 1.807) is 0 Å². The number of nitrogens with zero attached hydrogens (tertiary/aromatic N) is 2. The van der Waals surface area contributed by atoms with Crippen LogP contribution in [0.25, 0.3) is 44.7 Å². The van der Waals surface area contributed by atoms with E-state index in [2.05, 4.69) is 12.1 Å². The lowest BCUT2D eigenvalue weighted by Gasteiger charge is -2.08. The van der Waals surface area contributed by atoms with Crippen molar-refractivity contribution >= 4 is 22.2 Å². The largest absolute Gasteiger partial charge is 0.436 e. The fourth-order valence-corrected chi connectivity index (χ4v) is 3.12.